The maximum atomic E-state index is 12.2. The van der Waals surface area contributed by atoms with Gasteiger partial charge in [0.05, 0.1) is 12.3 Å². The molecule has 0 radical (unpaired) electrons. The van der Waals surface area contributed by atoms with Crippen molar-refractivity contribution in [3.63, 3.8) is 0 Å². The minimum Gasteiger partial charge on any atom is -0.272 e. The summed E-state index contributed by atoms with van der Waals surface area (Å²) in [5.41, 5.74) is 2.93. The molecule has 1 aliphatic heterocycles. The topological polar surface area (TPSA) is 49.7 Å². The van der Waals surface area contributed by atoms with Crippen molar-refractivity contribution >= 4 is 22.4 Å². The molecule has 0 aromatic heterocycles. The number of nitrogens with zero attached hydrogens (tertiary/aromatic N) is 2. The van der Waals surface area contributed by atoms with Crippen molar-refractivity contribution in [3.05, 3.63) is 71.8 Å². The molecule has 1 atom stereocenters. The summed E-state index contributed by atoms with van der Waals surface area (Å²) in [4.78, 5) is 12.2. The summed E-state index contributed by atoms with van der Waals surface area (Å²) in [6.45, 7) is 0.561. The van der Waals surface area contributed by atoms with Crippen molar-refractivity contribution in [2.45, 2.75) is 12.2 Å². The standard InChI is InChI=1S/C18H18N2O2S/c21-18(14-23(22)13-15-7-3-1-4-8-15)20-12-11-17(19-20)16-9-5-2-6-10-16/h1-10H,11-14H2. The van der Waals surface area contributed by atoms with Gasteiger partial charge in [-0.25, -0.2) is 5.01 Å². The summed E-state index contributed by atoms with van der Waals surface area (Å²) in [5.74, 6) is 0.237. The van der Waals surface area contributed by atoms with Crippen LogP contribution >= 0.6 is 0 Å². The van der Waals surface area contributed by atoms with Crippen LogP contribution in [0.15, 0.2) is 65.8 Å². The first-order valence-corrected chi connectivity index (χ1v) is 9.03. The molecule has 2 aromatic rings. The molecule has 0 spiro atoms. The Morgan fingerprint density at radius 2 is 1.70 bits per heavy atom. The Labute approximate surface area is 138 Å². The number of hydrogen-bond donors (Lipinski definition) is 0. The molecule has 118 valence electrons. The number of hydrazone groups is 1. The summed E-state index contributed by atoms with van der Waals surface area (Å²) in [7, 11) is -1.21. The third-order valence-electron chi connectivity index (χ3n) is 3.65. The van der Waals surface area contributed by atoms with Crippen LogP contribution < -0.4 is 0 Å². The molecular weight excluding hydrogens is 308 g/mol. The number of carbonyl (C=O) groups is 1. The van der Waals surface area contributed by atoms with Crippen LogP contribution in [0.4, 0.5) is 0 Å². The zero-order valence-electron chi connectivity index (χ0n) is 12.7. The van der Waals surface area contributed by atoms with E-state index in [-0.39, 0.29) is 11.7 Å². The van der Waals surface area contributed by atoms with Gasteiger partial charge in [0.2, 0.25) is 0 Å². The largest absolute Gasteiger partial charge is 0.272 e. The molecule has 2 aromatic carbocycles. The van der Waals surface area contributed by atoms with Crippen LogP contribution in [0, 0.1) is 0 Å². The molecule has 5 heteroatoms. The Morgan fingerprint density at radius 1 is 1.04 bits per heavy atom. The van der Waals surface area contributed by atoms with E-state index in [2.05, 4.69) is 5.10 Å². The molecule has 1 amide bonds. The van der Waals surface area contributed by atoms with Crippen molar-refractivity contribution in [2.75, 3.05) is 12.3 Å². The van der Waals surface area contributed by atoms with Crippen LogP contribution in [0.5, 0.6) is 0 Å². The second-order valence-corrected chi connectivity index (χ2v) is 6.85. The normalized spacial score (nSPS) is 15.3. The van der Waals surface area contributed by atoms with E-state index in [1.165, 1.54) is 5.01 Å². The number of rotatable bonds is 5. The summed E-state index contributed by atoms with van der Waals surface area (Å²) in [6, 6.07) is 19.4. The van der Waals surface area contributed by atoms with E-state index >= 15 is 0 Å². The molecule has 0 fully saturated rings. The fraction of sp³-hybridized carbons (Fsp3) is 0.222. The van der Waals surface area contributed by atoms with Gasteiger partial charge < -0.3 is 0 Å². The monoisotopic (exact) mass is 326 g/mol. The van der Waals surface area contributed by atoms with Gasteiger partial charge in [-0.3, -0.25) is 9.00 Å². The van der Waals surface area contributed by atoms with Gasteiger partial charge in [-0.1, -0.05) is 60.7 Å². The second-order valence-electron chi connectivity index (χ2n) is 5.39. The second kappa shape index (κ2) is 7.33. The van der Waals surface area contributed by atoms with E-state index in [1.54, 1.807) is 0 Å². The number of hydrogen-bond acceptors (Lipinski definition) is 3. The van der Waals surface area contributed by atoms with Crippen LogP contribution in [-0.2, 0) is 21.3 Å². The van der Waals surface area contributed by atoms with Gasteiger partial charge in [0.15, 0.2) is 0 Å². The molecule has 0 aliphatic carbocycles. The lowest BCUT2D eigenvalue weighted by Gasteiger charge is -2.11. The highest BCUT2D eigenvalue weighted by molar-refractivity contribution is 7.84. The van der Waals surface area contributed by atoms with Crippen LogP contribution in [0.25, 0.3) is 0 Å². The zero-order chi connectivity index (χ0) is 16.1. The van der Waals surface area contributed by atoms with Crippen LogP contribution in [0.1, 0.15) is 17.5 Å². The fourth-order valence-electron chi connectivity index (χ4n) is 2.49. The molecule has 4 nitrogen and oxygen atoms in total. The molecule has 1 aliphatic rings. The van der Waals surface area contributed by atoms with E-state index in [0.29, 0.717) is 12.3 Å². The Morgan fingerprint density at radius 3 is 2.39 bits per heavy atom. The summed E-state index contributed by atoms with van der Waals surface area (Å²) < 4.78 is 12.1. The van der Waals surface area contributed by atoms with E-state index in [1.807, 2.05) is 60.7 Å². The van der Waals surface area contributed by atoms with Gasteiger partial charge in [-0.2, -0.15) is 5.10 Å². The molecule has 23 heavy (non-hydrogen) atoms. The zero-order valence-corrected chi connectivity index (χ0v) is 13.5. The maximum Gasteiger partial charge on any atom is 0.255 e. The Kier molecular flexibility index (Phi) is 4.98. The maximum absolute atomic E-state index is 12.2. The molecular formula is C18H18N2O2S. The van der Waals surface area contributed by atoms with E-state index in [9.17, 15) is 9.00 Å². The predicted molar refractivity (Wildman–Crippen MR) is 92.5 cm³/mol. The van der Waals surface area contributed by atoms with E-state index < -0.39 is 10.8 Å². The number of amides is 1. The average Bonchev–Trinajstić information content (AvgIpc) is 3.06. The van der Waals surface area contributed by atoms with E-state index in [0.717, 1.165) is 23.3 Å². The lowest BCUT2D eigenvalue weighted by atomic mass is 10.1. The average molecular weight is 326 g/mol. The first kappa shape index (κ1) is 15.6. The van der Waals surface area contributed by atoms with Crippen LogP contribution in [0.2, 0.25) is 0 Å². The number of carbonyl (C=O) groups excluding carboxylic acids is 1. The van der Waals surface area contributed by atoms with E-state index in [4.69, 9.17) is 0 Å². The minimum absolute atomic E-state index is 0.0143. The minimum atomic E-state index is -1.21. The molecule has 1 unspecified atom stereocenters. The van der Waals surface area contributed by atoms with Crippen LogP contribution in [0.3, 0.4) is 0 Å². The van der Waals surface area contributed by atoms with Crippen molar-refractivity contribution in [1.82, 2.24) is 5.01 Å². The van der Waals surface area contributed by atoms with Crippen molar-refractivity contribution in [3.8, 4) is 0 Å². The van der Waals surface area contributed by atoms with Gasteiger partial charge in [0.25, 0.3) is 5.91 Å². The molecule has 0 N–H and O–H groups in total. The highest BCUT2D eigenvalue weighted by Crippen LogP contribution is 2.14. The summed E-state index contributed by atoms with van der Waals surface area (Å²) >= 11 is 0. The van der Waals surface area contributed by atoms with Crippen molar-refractivity contribution < 1.29 is 9.00 Å². The highest BCUT2D eigenvalue weighted by atomic mass is 32.2. The van der Waals surface area contributed by atoms with Gasteiger partial charge in [0.1, 0.15) is 5.75 Å². The predicted octanol–water partition coefficient (Wildman–Crippen LogP) is 2.57. The third-order valence-corrected chi connectivity index (χ3v) is 4.88. The SMILES string of the molecule is O=C(CS(=O)Cc1ccccc1)N1CCC(c2ccccc2)=N1. The first-order chi connectivity index (χ1) is 11.2. The van der Waals surface area contributed by atoms with Crippen molar-refractivity contribution in [2.24, 2.45) is 5.10 Å². The Bertz CT molecular complexity index is 729. The summed E-state index contributed by atoms with van der Waals surface area (Å²) in [6.07, 6.45) is 0.737. The van der Waals surface area contributed by atoms with Gasteiger partial charge in [0, 0.05) is 23.0 Å². The molecule has 1 heterocycles. The Balaban J connectivity index is 1.59. The number of benzene rings is 2. The van der Waals surface area contributed by atoms with Crippen molar-refractivity contribution in [1.29, 1.82) is 0 Å². The Hall–Kier alpha value is -2.27. The summed E-state index contributed by atoms with van der Waals surface area (Å²) in [5, 5.41) is 5.83. The lowest BCUT2D eigenvalue weighted by Crippen LogP contribution is -2.28. The molecule has 0 saturated carbocycles. The van der Waals surface area contributed by atoms with Gasteiger partial charge in [-0.05, 0) is 11.1 Å². The lowest BCUT2D eigenvalue weighted by molar-refractivity contribution is -0.127. The van der Waals surface area contributed by atoms with Crippen LogP contribution in [-0.4, -0.2) is 33.1 Å². The van der Waals surface area contributed by atoms with Gasteiger partial charge in [-0.15, -0.1) is 0 Å². The molecule has 0 saturated heterocycles. The molecule has 0 bridgehead atoms. The quantitative estimate of drug-likeness (QED) is 0.848. The third kappa shape index (κ3) is 4.13. The smallest absolute Gasteiger partial charge is 0.255 e. The first-order valence-electron chi connectivity index (χ1n) is 7.54. The highest BCUT2D eigenvalue weighted by Gasteiger charge is 2.22. The fourth-order valence-corrected chi connectivity index (χ4v) is 3.58. The van der Waals surface area contributed by atoms with Gasteiger partial charge >= 0.3 is 0 Å². The molecule has 3 rings (SSSR count).